The van der Waals surface area contributed by atoms with Crippen molar-refractivity contribution in [1.82, 2.24) is 0 Å². The van der Waals surface area contributed by atoms with Gasteiger partial charge in [-0.05, 0) is 39.7 Å². The maximum Gasteiger partial charge on any atom is 0.302 e. The molecule has 1 aromatic carbocycles. The van der Waals surface area contributed by atoms with Gasteiger partial charge in [0, 0.05) is 12.5 Å². The van der Waals surface area contributed by atoms with E-state index >= 15 is 0 Å². The summed E-state index contributed by atoms with van der Waals surface area (Å²) in [4.78, 5) is 10.7. The standard InChI is InChI=1S/C13H11BrO3/c1-9(15)16-8-10-3-2-4-11(7-10)12-5-6-13(14)17-12/h2-7H,8H2,1H3. The lowest BCUT2D eigenvalue weighted by Gasteiger charge is -2.03. The number of hydrogen-bond donors (Lipinski definition) is 0. The summed E-state index contributed by atoms with van der Waals surface area (Å²) < 4.78 is 11.1. The fraction of sp³-hybridized carbons (Fsp3) is 0.154. The molecule has 0 saturated carbocycles. The first-order chi connectivity index (χ1) is 8.15. The topological polar surface area (TPSA) is 39.4 Å². The van der Waals surface area contributed by atoms with Crippen LogP contribution in [0.1, 0.15) is 12.5 Å². The fourth-order valence-electron chi connectivity index (χ4n) is 1.47. The lowest BCUT2D eigenvalue weighted by atomic mass is 10.1. The average molecular weight is 295 g/mol. The Bertz CT molecular complexity index is 531. The van der Waals surface area contributed by atoms with Crippen molar-refractivity contribution in [2.75, 3.05) is 0 Å². The summed E-state index contributed by atoms with van der Waals surface area (Å²) in [6.45, 7) is 1.68. The Morgan fingerprint density at radius 3 is 2.82 bits per heavy atom. The number of hydrogen-bond acceptors (Lipinski definition) is 3. The molecule has 0 amide bonds. The van der Waals surface area contributed by atoms with E-state index in [9.17, 15) is 4.79 Å². The molecule has 0 aliphatic carbocycles. The Morgan fingerprint density at radius 2 is 2.18 bits per heavy atom. The summed E-state index contributed by atoms with van der Waals surface area (Å²) in [6, 6.07) is 11.4. The molecule has 0 unspecified atom stereocenters. The molecule has 2 rings (SSSR count). The number of esters is 1. The summed E-state index contributed by atoms with van der Waals surface area (Å²) in [5.74, 6) is 0.498. The monoisotopic (exact) mass is 294 g/mol. The Kier molecular flexibility index (Phi) is 3.64. The zero-order chi connectivity index (χ0) is 12.3. The van der Waals surface area contributed by atoms with Gasteiger partial charge in [0.1, 0.15) is 12.4 Å². The van der Waals surface area contributed by atoms with Crippen LogP contribution in [-0.2, 0) is 16.1 Å². The van der Waals surface area contributed by atoms with E-state index < -0.39 is 0 Å². The number of furan rings is 1. The molecule has 0 fully saturated rings. The Hall–Kier alpha value is -1.55. The van der Waals surface area contributed by atoms with E-state index in [1.807, 2.05) is 36.4 Å². The van der Waals surface area contributed by atoms with Crippen LogP contribution in [0.5, 0.6) is 0 Å². The van der Waals surface area contributed by atoms with Gasteiger partial charge in [0.05, 0.1) is 0 Å². The third-order valence-electron chi connectivity index (χ3n) is 2.23. The smallest absolute Gasteiger partial charge is 0.302 e. The van der Waals surface area contributed by atoms with Crippen LogP contribution in [0.3, 0.4) is 0 Å². The molecule has 2 aromatic rings. The van der Waals surface area contributed by atoms with Crippen LogP contribution in [0.2, 0.25) is 0 Å². The molecule has 1 aromatic heterocycles. The van der Waals surface area contributed by atoms with E-state index in [2.05, 4.69) is 15.9 Å². The lowest BCUT2D eigenvalue weighted by Crippen LogP contribution is -1.98. The molecule has 0 radical (unpaired) electrons. The minimum atomic E-state index is -0.281. The van der Waals surface area contributed by atoms with Gasteiger partial charge >= 0.3 is 5.97 Å². The normalized spacial score (nSPS) is 10.2. The molecule has 0 bridgehead atoms. The third kappa shape index (κ3) is 3.20. The molecule has 4 heteroatoms. The van der Waals surface area contributed by atoms with Gasteiger partial charge in [-0.3, -0.25) is 4.79 Å². The summed E-state index contributed by atoms with van der Waals surface area (Å²) in [5, 5.41) is 0. The van der Waals surface area contributed by atoms with E-state index in [0.717, 1.165) is 16.9 Å². The van der Waals surface area contributed by atoms with Gasteiger partial charge in [-0.2, -0.15) is 0 Å². The van der Waals surface area contributed by atoms with Crippen molar-refractivity contribution in [3.05, 3.63) is 46.6 Å². The van der Waals surface area contributed by atoms with Gasteiger partial charge in [-0.15, -0.1) is 0 Å². The molecule has 0 atom stereocenters. The van der Waals surface area contributed by atoms with Crippen LogP contribution >= 0.6 is 15.9 Å². The molecule has 3 nitrogen and oxygen atoms in total. The van der Waals surface area contributed by atoms with E-state index in [1.54, 1.807) is 0 Å². The zero-order valence-electron chi connectivity index (χ0n) is 9.27. The van der Waals surface area contributed by atoms with Gasteiger partial charge in [-0.25, -0.2) is 0 Å². The van der Waals surface area contributed by atoms with Crippen molar-refractivity contribution in [2.45, 2.75) is 13.5 Å². The summed E-state index contributed by atoms with van der Waals surface area (Å²) in [7, 11) is 0. The molecule has 0 saturated heterocycles. The highest BCUT2D eigenvalue weighted by Crippen LogP contribution is 2.25. The maximum atomic E-state index is 10.7. The molecule has 0 spiro atoms. The highest BCUT2D eigenvalue weighted by Gasteiger charge is 2.04. The SMILES string of the molecule is CC(=O)OCc1cccc(-c2ccc(Br)o2)c1. The number of ether oxygens (including phenoxy) is 1. The first kappa shape index (κ1) is 11.9. The highest BCUT2D eigenvalue weighted by atomic mass is 79.9. The van der Waals surface area contributed by atoms with Crippen LogP contribution < -0.4 is 0 Å². The van der Waals surface area contributed by atoms with E-state index in [-0.39, 0.29) is 12.6 Å². The number of carbonyl (C=O) groups is 1. The van der Waals surface area contributed by atoms with Crippen molar-refractivity contribution in [3.8, 4) is 11.3 Å². The summed E-state index contributed by atoms with van der Waals surface area (Å²) in [5.41, 5.74) is 1.89. The molecular weight excluding hydrogens is 284 g/mol. The van der Waals surface area contributed by atoms with Gasteiger partial charge in [0.15, 0.2) is 4.67 Å². The second-order valence-corrected chi connectivity index (χ2v) is 4.37. The van der Waals surface area contributed by atoms with Gasteiger partial charge in [0.2, 0.25) is 0 Å². The molecule has 1 heterocycles. The second-order valence-electron chi connectivity index (χ2n) is 3.58. The Labute approximate surface area is 108 Å². The largest absolute Gasteiger partial charge is 0.461 e. The lowest BCUT2D eigenvalue weighted by molar-refractivity contribution is -0.142. The van der Waals surface area contributed by atoms with Gasteiger partial charge in [-0.1, -0.05) is 18.2 Å². The summed E-state index contributed by atoms with van der Waals surface area (Å²) >= 11 is 3.26. The number of carbonyl (C=O) groups excluding carboxylic acids is 1. The van der Waals surface area contributed by atoms with Crippen molar-refractivity contribution in [1.29, 1.82) is 0 Å². The van der Waals surface area contributed by atoms with E-state index in [4.69, 9.17) is 9.15 Å². The number of rotatable bonds is 3. The predicted octanol–water partition coefficient (Wildman–Crippen LogP) is 3.77. The zero-order valence-corrected chi connectivity index (χ0v) is 10.9. The first-order valence-electron chi connectivity index (χ1n) is 5.13. The second kappa shape index (κ2) is 5.19. The summed E-state index contributed by atoms with van der Waals surface area (Å²) in [6.07, 6.45) is 0. The van der Waals surface area contributed by atoms with Crippen LogP contribution in [0.15, 0.2) is 45.5 Å². The average Bonchev–Trinajstić information content (AvgIpc) is 2.74. The first-order valence-corrected chi connectivity index (χ1v) is 5.92. The maximum absolute atomic E-state index is 10.7. The molecule has 0 N–H and O–H groups in total. The minimum absolute atomic E-state index is 0.281. The van der Waals surface area contributed by atoms with Crippen molar-refractivity contribution < 1.29 is 13.9 Å². The van der Waals surface area contributed by atoms with Gasteiger partial charge < -0.3 is 9.15 Å². The highest BCUT2D eigenvalue weighted by molar-refractivity contribution is 9.10. The molecule has 17 heavy (non-hydrogen) atoms. The van der Waals surface area contributed by atoms with Gasteiger partial charge in [0.25, 0.3) is 0 Å². The van der Waals surface area contributed by atoms with Crippen LogP contribution in [-0.4, -0.2) is 5.97 Å². The number of halogens is 1. The van der Waals surface area contributed by atoms with Crippen molar-refractivity contribution in [3.63, 3.8) is 0 Å². The molecular formula is C13H11BrO3. The third-order valence-corrected chi connectivity index (χ3v) is 2.65. The van der Waals surface area contributed by atoms with E-state index in [0.29, 0.717) is 4.67 Å². The molecule has 88 valence electrons. The van der Waals surface area contributed by atoms with Crippen molar-refractivity contribution in [2.24, 2.45) is 0 Å². The van der Waals surface area contributed by atoms with Crippen LogP contribution in [0.25, 0.3) is 11.3 Å². The predicted molar refractivity (Wildman–Crippen MR) is 67.3 cm³/mol. The van der Waals surface area contributed by atoms with Crippen molar-refractivity contribution >= 4 is 21.9 Å². The Morgan fingerprint density at radius 1 is 1.35 bits per heavy atom. The quantitative estimate of drug-likeness (QED) is 0.809. The fourth-order valence-corrected chi connectivity index (χ4v) is 1.78. The number of benzene rings is 1. The Balaban J connectivity index is 2.19. The molecule has 0 aliphatic rings. The molecule has 0 aliphatic heterocycles. The van der Waals surface area contributed by atoms with E-state index in [1.165, 1.54) is 6.92 Å². The van der Waals surface area contributed by atoms with Crippen LogP contribution in [0.4, 0.5) is 0 Å². The van der Waals surface area contributed by atoms with Crippen LogP contribution in [0, 0.1) is 0 Å². The minimum Gasteiger partial charge on any atom is -0.461 e.